The van der Waals surface area contributed by atoms with E-state index in [1.807, 2.05) is 0 Å². The third-order valence-corrected chi connectivity index (χ3v) is 8.54. The molecule has 0 aliphatic carbocycles. The molecular weight excluding hydrogens is 528 g/mol. The summed E-state index contributed by atoms with van der Waals surface area (Å²) in [6.07, 6.45) is 22.6. The molecule has 0 rings (SSSR count). The van der Waals surface area contributed by atoms with E-state index in [-0.39, 0.29) is 24.7 Å². The quantitative estimate of drug-likeness (QED) is 0.0534. The zero-order valence-corrected chi connectivity index (χ0v) is 28.3. The average Bonchev–Trinajstić information content (AvgIpc) is 2.95. The van der Waals surface area contributed by atoms with E-state index in [0.717, 1.165) is 50.4 Å². The molecule has 0 aliphatic rings. The zero-order valence-electron chi connectivity index (χ0n) is 28.3. The second-order valence-electron chi connectivity index (χ2n) is 13.1. The fraction of sp³-hybridized carbons (Fsp3) is 0.889. The number of carbonyl (C=O) groups excluding carboxylic acids is 4. The Morgan fingerprint density at radius 1 is 0.429 bits per heavy atom. The lowest BCUT2D eigenvalue weighted by Crippen LogP contribution is -2.22. The number of carbonyl (C=O) groups is 4. The van der Waals surface area contributed by atoms with Gasteiger partial charge >= 0.3 is 23.9 Å². The van der Waals surface area contributed by atoms with E-state index in [1.54, 1.807) is 13.8 Å². The first-order chi connectivity index (χ1) is 20.1. The molecule has 0 aromatic carbocycles. The topological polar surface area (TPSA) is 86.7 Å². The van der Waals surface area contributed by atoms with E-state index in [4.69, 9.17) is 9.47 Å². The summed E-state index contributed by atoms with van der Waals surface area (Å²) < 4.78 is 9.85. The third-order valence-electron chi connectivity index (χ3n) is 8.54. The molecule has 6 nitrogen and oxygen atoms in total. The van der Waals surface area contributed by atoms with Crippen LogP contribution in [-0.2, 0) is 28.7 Å². The van der Waals surface area contributed by atoms with Gasteiger partial charge < -0.3 is 9.47 Å². The van der Waals surface area contributed by atoms with Crippen molar-refractivity contribution in [2.45, 2.75) is 183 Å². The Kier molecular flexibility index (Phi) is 25.8. The molecule has 0 bridgehead atoms. The molecule has 4 unspecified atom stereocenters. The first kappa shape index (κ1) is 40.3. The highest BCUT2D eigenvalue weighted by molar-refractivity contribution is 5.90. The van der Waals surface area contributed by atoms with Crippen molar-refractivity contribution in [2.75, 3.05) is 0 Å². The van der Waals surface area contributed by atoms with E-state index < -0.39 is 23.9 Å². The summed E-state index contributed by atoms with van der Waals surface area (Å²) in [7, 11) is 0. The summed E-state index contributed by atoms with van der Waals surface area (Å²) in [6.45, 7) is 12.7. The maximum absolute atomic E-state index is 12.2. The van der Waals surface area contributed by atoms with Crippen molar-refractivity contribution in [3.8, 4) is 0 Å². The first-order valence-electron chi connectivity index (χ1n) is 17.6. The lowest BCUT2D eigenvalue weighted by atomic mass is 9.96. The van der Waals surface area contributed by atoms with Gasteiger partial charge in [0.15, 0.2) is 0 Å². The summed E-state index contributed by atoms with van der Waals surface area (Å²) in [5.74, 6) is -1.73. The van der Waals surface area contributed by atoms with E-state index in [0.29, 0.717) is 12.8 Å². The van der Waals surface area contributed by atoms with Gasteiger partial charge in [-0.3, -0.25) is 19.2 Å². The largest absolute Gasteiger partial charge is 0.393 e. The number of hydrogen-bond acceptors (Lipinski definition) is 6. The Balaban J connectivity index is 3.91. The Morgan fingerprint density at radius 3 is 1.02 bits per heavy atom. The minimum Gasteiger partial charge on any atom is -0.393 e. The summed E-state index contributed by atoms with van der Waals surface area (Å²) in [6, 6.07) is 0. The van der Waals surface area contributed by atoms with E-state index in [1.165, 1.54) is 77.0 Å². The molecule has 0 N–H and O–H groups in total. The molecule has 6 heteroatoms. The molecule has 4 atom stereocenters. The van der Waals surface area contributed by atoms with E-state index in [2.05, 4.69) is 27.7 Å². The van der Waals surface area contributed by atoms with Crippen molar-refractivity contribution in [1.29, 1.82) is 0 Å². The second kappa shape index (κ2) is 26.9. The van der Waals surface area contributed by atoms with Gasteiger partial charge in [-0.25, -0.2) is 0 Å². The van der Waals surface area contributed by atoms with Crippen LogP contribution in [0.15, 0.2) is 0 Å². The van der Waals surface area contributed by atoms with Gasteiger partial charge in [-0.1, -0.05) is 157 Å². The maximum Gasteiger partial charge on any atom is 0.316 e. The summed E-state index contributed by atoms with van der Waals surface area (Å²) in [5.41, 5.74) is 0. The number of esters is 4. The fourth-order valence-corrected chi connectivity index (χ4v) is 5.34. The average molecular weight is 595 g/mol. The van der Waals surface area contributed by atoms with E-state index in [9.17, 15) is 19.2 Å². The molecule has 0 saturated heterocycles. The van der Waals surface area contributed by atoms with Gasteiger partial charge in [0.2, 0.25) is 0 Å². The van der Waals surface area contributed by atoms with Gasteiger partial charge in [0.1, 0.15) is 0 Å². The van der Waals surface area contributed by atoms with Crippen LogP contribution < -0.4 is 0 Å². The molecule has 246 valence electrons. The molecule has 0 amide bonds. The van der Waals surface area contributed by atoms with Crippen LogP contribution in [0.2, 0.25) is 0 Å². The molecule has 0 spiro atoms. The van der Waals surface area contributed by atoms with Crippen molar-refractivity contribution in [1.82, 2.24) is 0 Å². The predicted molar refractivity (Wildman–Crippen MR) is 172 cm³/mol. The fourth-order valence-electron chi connectivity index (χ4n) is 5.34. The van der Waals surface area contributed by atoms with Gasteiger partial charge in [-0.2, -0.15) is 0 Å². The van der Waals surface area contributed by atoms with Crippen molar-refractivity contribution >= 4 is 23.9 Å². The number of unbranched alkanes of at least 4 members (excludes halogenated alkanes) is 10. The Labute approximate surface area is 258 Å². The van der Waals surface area contributed by atoms with Crippen LogP contribution in [-0.4, -0.2) is 23.9 Å². The number of ether oxygens (including phenoxy) is 2. The monoisotopic (exact) mass is 594 g/mol. The van der Waals surface area contributed by atoms with Crippen LogP contribution in [0.25, 0.3) is 0 Å². The van der Waals surface area contributed by atoms with Gasteiger partial charge in [-0.15, -0.1) is 0 Å². The summed E-state index contributed by atoms with van der Waals surface area (Å²) in [5, 5.41) is 0. The lowest BCUT2D eigenvalue weighted by molar-refractivity contribution is -0.167. The first-order valence-corrected chi connectivity index (χ1v) is 17.6. The minimum atomic E-state index is -0.749. The van der Waals surface area contributed by atoms with Gasteiger partial charge in [0.05, 0.1) is 24.7 Å². The molecule has 0 radical (unpaired) electrons. The van der Waals surface area contributed by atoms with Gasteiger partial charge in [0.25, 0.3) is 0 Å². The standard InChI is InChI=1S/C36H66O6/c1-7-9-15-21-29(3)23-17-11-13-19-25-31(5)35(39)41-33(37)27-28-34(38)42-36(40)32(6)26-20-14-12-18-24-30(4)22-16-10-8-2/h29-32H,7-28H2,1-6H3. The molecule has 0 saturated carbocycles. The van der Waals surface area contributed by atoms with Gasteiger partial charge in [0, 0.05) is 0 Å². The molecule has 0 fully saturated rings. The van der Waals surface area contributed by atoms with Crippen molar-refractivity contribution in [3.63, 3.8) is 0 Å². The summed E-state index contributed by atoms with van der Waals surface area (Å²) in [4.78, 5) is 48.6. The molecule has 0 heterocycles. The maximum atomic E-state index is 12.2. The SMILES string of the molecule is CCCCCC(C)CCCCCCC(C)C(=O)OC(=O)CCC(=O)OC(=O)C(C)CCCCCCC(C)CCCCC. The number of rotatable bonds is 27. The Bertz CT molecular complexity index is 658. The van der Waals surface area contributed by atoms with Crippen molar-refractivity contribution in [3.05, 3.63) is 0 Å². The molecule has 42 heavy (non-hydrogen) atoms. The van der Waals surface area contributed by atoms with E-state index >= 15 is 0 Å². The molecule has 0 aliphatic heterocycles. The van der Waals surface area contributed by atoms with Crippen LogP contribution in [0.3, 0.4) is 0 Å². The Hall–Kier alpha value is -1.72. The van der Waals surface area contributed by atoms with Crippen LogP contribution in [0.1, 0.15) is 183 Å². The zero-order chi connectivity index (χ0) is 31.6. The minimum absolute atomic E-state index is 0.272. The van der Waals surface area contributed by atoms with Crippen molar-refractivity contribution < 1.29 is 28.7 Å². The molecule has 0 aromatic heterocycles. The lowest BCUT2D eigenvalue weighted by Gasteiger charge is -2.12. The van der Waals surface area contributed by atoms with Crippen LogP contribution in [0.5, 0.6) is 0 Å². The Morgan fingerprint density at radius 2 is 0.714 bits per heavy atom. The molecule has 0 aromatic rings. The molecular formula is C36H66O6. The van der Waals surface area contributed by atoms with Crippen LogP contribution in [0.4, 0.5) is 0 Å². The van der Waals surface area contributed by atoms with Gasteiger partial charge in [-0.05, 0) is 24.7 Å². The third kappa shape index (κ3) is 23.8. The highest BCUT2D eigenvalue weighted by Crippen LogP contribution is 2.20. The smallest absolute Gasteiger partial charge is 0.316 e. The predicted octanol–water partition coefficient (Wildman–Crippen LogP) is 10.3. The number of hydrogen-bond donors (Lipinski definition) is 0. The normalized spacial score (nSPS) is 14.1. The summed E-state index contributed by atoms with van der Waals surface area (Å²) >= 11 is 0. The highest BCUT2D eigenvalue weighted by Gasteiger charge is 2.21. The van der Waals surface area contributed by atoms with Crippen LogP contribution in [0, 0.1) is 23.7 Å². The second-order valence-corrected chi connectivity index (χ2v) is 13.1. The van der Waals surface area contributed by atoms with Crippen molar-refractivity contribution in [2.24, 2.45) is 23.7 Å². The van der Waals surface area contributed by atoms with Crippen LogP contribution >= 0.6 is 0 Å². The highest BCUT2D eigenvalue weighted by atomic mass is 16.6.